The summed E-state index contributed by atoms with van der Waals surface area (Å²) in [7, 11) is 1.20. The van der Waals surface area contributed by atoms with Crippen LogP contribution < -0.4 is 0 Å². The minimum Gasteiger partial charge on any atom is -0.467 e. The highest BCUT2D eigenvalue weighted by Gasteiger charge is 2.46. The highest BCUT2D eigenvalue weighted by molar-refractivity contribution is 6.58. The van der Waals surface area contributed by atoms with E-state index in [-0.39, 0.29) is 5.92 Å². The van der Waals surface area contributed by atoms with E-state index in [1.54, 1.807) is 0 Å². The maximum Gasteiger partial charge on any atom is 0.345 e. The lowest BCUT2D eigenvalue weighted by Gasteiger charge is -2.32. The maximum absolute atomic E-state index is 11.3. The molecule has 0 unspecified atom stereocenters. The van der Waals surface area contributed by atoms with Crippen molar-refractivity contribution < 1.29 is 14.6 Å². The molecule has 88 valence electrons. The van der Waals surface area contributed by atoms with Crippen molar-refractivity contribution in [1.82, 2.24) is 0 Å². The van der Waals surface area contributed by atoms with Crippen molar-refractivity contribution in [3.8, 4) is 0 Å². The van der Waals surface area contributed by atoms with Gasteiger partial charge >= 0.3 is 5.97 Å². The van der Waals surface area contributed by atoms with Crippen LogP contribution >= 0.6 is 23.2 Å². The Kier molecular flexibility index (Phi) is 4.68. The van der Waals surface area contributed by atoms with Gasteiger partial charge in [-0.3, -0.25) is 0 Å². The Hall–Kier alpha value is 0.01000. The van der Waals surface area contributed by atoms with Crippen molar-refractivity contribution in [3.05, 3.63) is 0 Å². The number of halogens is 2. The molecule has 3 nitrogen and oxygen atoms in total. The van der Waals surface area contributed by atoms with E-state index in [2.05, 4.69) is 4.74 Å². The Morgan fingerprint density at radius 3 is 2.40 bits per heavy atom. The normalized spacial score (nSPS) is 21.1. The second kappa shape index (κ2) is 5.37. The molecule has 0 saturated heterocycles. The first-order valence-electron chi connectivity index (χ1n) is 5.14. The summed E-state index contributed by atoms with van der Waals surface area (Å²) in [6.07, 6.45) is 3.94. The SMILES string of the molecule is COC(=O)C(Cl)(Cl)[C@@H](O)C1CCCCC1. The number of aliphatic hydroxyl groups excluding tert-OH is 1. The van der Waals surface area contributed by atoms with Crippen molar-refractivity contribution >= 4 is 29.2 Å². The van der Waals surface area contributed by atoms with Gasteiger partial charge in [-0.2, -0.15) is 0 Å². The van der Waals surface area contributed by atoms with E-state index in [4.69, 9.17) is 23.2 Å². The lowest BCUT2D eigenvalue weighted by Crippen LogP contribution is -2.45. The first kappa shape index (κ1) is 13.1. The summed E-state index contributed by atoms with van der Waals surface area (Å²) in [5, 5.41) is 9.94. The van der Waals surface area contributed by atoms with E-state index in [9.17, 15) is 9.90 Å². The van der Waals surface area contributed by atoms with Gasteiger partial charge in [0.25, 0.3) is 0 Å². The van der Waals surface area contributed by atoms with Crippen LogP contribution in [0.1, 0.15) is 32.1 Å². The molecule has 1 aliphatic carbocycles. The lowest BCUT2D eigenvalue weighted by atomic mass is 9.84. The van der Waals surface area contributed by atoms with Crippen LogP contribution in [0.15, 0.2) is 0 Å². The van der Waals surface area contributed by atoms with Gasteiger partial charge in [0.15, 0.2) is 0 Å². The molecule has 0 bridgehead atoms. The second-order valence-electron chi connectivity index (χ2n) is 3.96. The minimum absolute atomic E-state index is 0.00662. The number of rotatable bonds is 3. The number of aliphatic hydroxyl groups is 1. The fraction of sp³-hybridized carbons (Fsp3) is 0.900. The van der Waals surface area contributed by atoms with Gasteiger partial charge in [-0.1, -0.05) is 42.5 Å². The van der Waals surface area contributed by atoms with E-state index in [1.165, 1.54) is 13.5 Å². The summed E-state index contributed by atoms with van der Waals surface area (Å²) in [5.74, 6) is -0.795. The molecule has 0 aromatic heterocycles. The molecule has 0 amide bonds. The minimum atomic E-state index is -1.84. The molecule has 1 atom stereocenters. The Bertz CT molecular complexity index is 225. The van der Waals surface area contributed by atoms with Crippen LogP contribution in [0.2, 0.25) is 0 Å². The first-order valence-corrected chi connectivity index (χ1v) is 5.90. The molecule has 0 aliphatic heterocycles. The average Bonchev–Trinajstić information content (AvgIpc) is 2.28. The quantitative estimate of drug-likeness (QED) is 0.621. The summed E-state index contributed by atoms with van der Waals surface area (Å²) in [5.41, 5.74) is 0. The van der Waals surface area contributed by atoms with Gasteiger partial charge < -0.3 is 9.84 Å². The van der Waals surface area contributed by atoms with Crippen LogP contribution in [-0.2, 0) is 9.53 Å². The van der Waals surface area contributed by atoms with E-state index in [1.807, 2.05) is 0 Å². The number of ether oxygens (including phenoxy) is 1. The fourth-order valence-corrected chi connectivity index (χ4v) is 2.51. The van der Waals surface area contributed by atoms with E-state index in [0.717, 1.165) is 25.7 Å². The zero-order valence-electron chi connectivity index (χ0n) is 8.71. The molecular formula is C10H16Cl2O3. The summed E-state index contributed by atoms with van der Waals surface area (Å²) >= 11 is 11.6. The number of carbonyl (C=O) groups excluding carboxylic acids is 1. The van der Waals surface area contributed by atoms with E-state index >= 15 is 0 Å². The number of alkyl halides is 2. The van der Waals surface area contributed by atoms with Gasteiger partial charge in [0, 0.05) is 0 Å². The van der Waals surface area contributed by atoms with E-state index in [0.29, 0.717) is 0 Å². The number of methoxy groups -OCH3 is 1. The molecule has 1 N–H and O–H groups in total. The summed E-state index contributed by atoms with van der Waals surface area (Å²) in [6, 6.07) is 0. The molecule has 1 fully saturated rings. The van der Waals surface area contributed by atoms with Gasteiger partial charge in [-0.25, -0.2) is 4.79 Å². The number of carbonyl (C=O) groups is 1. The van der Waals surface area contributed by atoms with E-state index < -0.39 is 16.4 Å². The highest BCUT2D eigenvalue weighted by Crippen LogP contribution is 2.37. The van der Waals surface area contributed by atoms with Gasteiger partial charge in [-0.05, 0) is 18.8 Å². The van der Waals surface area contributed by atoms with Gasteiger partial charge in [0.2, 0.25) is 4.33 Å². The fourth-order valence-electron chi connectivity index (χ4n) is 2.00. The average molecular weight is 255 g/mol. The molecule has 1 aliphatic rings. The largest absolute Gasteiger partial charge is 0.467 e. The number of hydrogen-bond donors (Lipinski definition) is 1. The van der Waals surface area contributed by atoms with Gasteiger partial charge in [-0.15, -0.1) is 0 Å². The zero-order valence-corrected chi connectivity index (χ0v) is 10.2. The Balaban J connectivity index is 2.64. The molecule has 0 heterocycles. The van der Waals surface area contributed by atoms with Crippen molar-refractivity contribution in [3.63, 3.8) is 0 Å². The summed E-state index contributed by atoms with van der Waals surface area (Å²) < 4.78 is 2.63. The Labute approximate surface area is 99.7 Å². The molecule has 15 heavy (non-hydrogen) atoms. The van der Waals surface area contributed by atoms with Crippen LogP contribution in [0.5, 0.6) is 0 Å². The second-order valence-corrected chi connectivity index (χ2v) is 5.34. The van der Waals surface area contributed by atoms with Crippen LogP contribution in [-0.4, -0.2) is 28.6 Å². The first-order chi connectivity index (χ1) is 7.00. The maximum atomic E-state index is 11.3. The zero-order chi connectivity index (χ0) is 11.5. The summed E-state index contributed by atoms with van der Waals surface area (Å²) in [6.45, 7) is 0. The molecule has 0 aromatic carbocycles. The lowest BCUT2D eigenvalue weighted by molar-refractivity contribution is -0.145. The van der Waals surface area contributed by atoms with Crippen molar-refractivity contribution in [1.29, 1.82) is 0 Å². The standard InChI is InChI=1S/C10H16Cl2O3/c1-15-9(14)10(11,12)8(13)7-5-3-2-4-6-7/h7-8,13H,2-6H2,1H3/t8-/m0/s1. The van der Waals surface area contributed by atoms with Crippen molar-refractivity contribution in [2.24, 2.45) is 5.92 Å². The van der Waals surface area contributed by atoms with Crippen molar-refractivity contribution in [2.45, 2.75) is 42.5 Å². The molecule has 0 spiro atoms. The third-order valence-corrected chi connectivity index (χ3v) is 3.68. The summed E-state index contributed by atoms with van der Waals surface area (Å²) in [4.78, 5) is 11.3. The topological polar surface area (TPSA) is 46.5 Å². The van der Waals surface area contributed by atoms with Crippen LogP contribution in [0.4, 0.5) is 0 Å². The predicted octanol–water partition coefficient (Wildman–Crippen LogP) is 2.27. The monoisotopic (exact) mass is 254 g/mol. The third kappa shape index (κ3) is 2.99. The molecule has 0 radical (unpaired) electrons. The predicted molar refractivity (Wildman–Crippen MR) is 59.0 cm³/mol. The van der Waals surface area contributed by atoms with Crippen LogP contribution in [0.3, 0.4) is 0 Å². The van der Waals surface area contributed by atoms with Crippen LogP contribution in [0.25, 0.3) is 0 Å². The molecule has 5 heteroatoms. The number of hydrogen-bond acceptors (Lipinski definition) is 3. The van der Waals surface area contributed by atoms with Gasteiger partial charge in [0.05, 0.1) is 7.11 Å². The molecule has 0 aromatic rings. The van der Waals surface area contributed by atoms with Crippen molar-refractivity contribution in [2.75, 3.05) is 7.11 Å². The smallest absolute Gasteiger partial charge is 0.345 e. The highest BCUT2D eigenvalue weighted by atomic mass is 35.5. The van der Waals surface area contributed by atoms with Gasteiger partial charge in [0.1, 0.15) is 6.10 Å². The van der Waals surface area contributed by atoms with Crippen LogP contribution in [0, 0.1) is 5.92 Å². The molecule has 1 saturated carbocycles. The molecular weight excluding hydrogens is 239 g/mol. The Morgan fingerprint density at radius 2 is 1.93 bits per heavy atom. The third-order valence-electron chi connectivity index (χ3n) is 2.93. The Morgan fingerprint density at radius 1 is 1.40 bits per heavy atom. The number of esters is 1. The molecule has 1 rings (SSSR count).